The predicted octanol–water partition coefficient (Wildman–Crippen LogP) is 2.52. The van der Waals surface area contributed by atoms with Crippen LogP contribution in [0, 0.1) is 6.92 Å². The minimum Gasteiger partial charge on any atom is -0.478 e. The molecule has 26 heavy (non-hydrogen) atoms. The van der Waals surface area contributed by atoms with Crippen LogP contribution in [0.3, 0.4) is 0 Å². The van der Waals surface area contributed by atoms with Gasteiger partial charge in [-0.15, -0.1) is 0 Å². The molecule has 8 nitrogen and oxygen atoms in total. The topological polar surface area (TPSA) is 120 Å². The Morgan fingerprint density at radius 2 is 1.96 bits per heavy atom. The summed E-state index contributed by atoms with van der Waals surface area (Å²) in [5.74, 6) is -1.24. The van der Waals surface area contributed by atoms with E-state index in [0.717, 1.165) is 0 Å². The van der Waals surface area contributed by atoms with Gasteiger partial charge in [0.2, 0.25) is 0 Å². The molecule has 1 aromatic carbocycles. The number of carboxylic acid groups (broad SMARTS) is 1. The Hall–Kier alpha value is -3.16. The Morgan fingerprint density at radius 1 is 1.27 bits per heavy atom. The van der Waals surface area contributed by atoms with Crippen molar-refractivity contribution in [2.45, 2.75) is 39.8 Å². The number of nitrogens with zero attached hydrogens (tertiary/aromatic N) is 3. The van der Waals surface area contributed by atoms with Crippen molar-refractivity contribution in [3.8, 4) is 0 Å². The monoisotopic (exact) mass is 356 g/mol. The number of carbonyl (C=O) groups is 2. The van der Waals surface area contributed by atoms with Crippen LogP contribution in [-0.4, -0.2) is 37.2 Å². The maximum Gasteiger partial charge on any atom is 0.335 e. The number of aryl methyl sites for hydroxylation is 1. The van der Waals surface area contributed by atoms with Gasteiger partial charge in [-0.1, -0.05) is 0 Å². The molecule has 3 aromatic rings. The molecule has 0 aliphatic rings. The lowest BCUT2D eigenvalue weighted by Crippen LogP contribution is -2.26. The normalized spacial score (nSPS) is 11.8. The maximum absolute atomic E-state index is 12.4. The molecule has 0 unspecified atom stereocenters. The highest BCUT2D eigenvalue weighted by atomic mass is 16.6. The van der Waals surface area contributed by atoms with Gasteiger partial charge >= 0.3 is 11.9 Å². The highest BCUT2D eigenvalue weighted by Crippen LogP contribution is 2.33. The second kappa shape index (κ2) is 5.98. The summed E-state index contributed by atoms with van der Waals surface area (Å²) in [5, 5.41) is 10.5. The predicted molar refractivity (Wildman–Crippen MR) is 97.0 cm³/mol. The molecule has 0 aliphatic carbocycles. The third kappa shape index (κ3) is 3.05. The molecular formula is C18H20N4O4. The summed E-state index contributed by atoms with van der Waals surface area (Å²) in [6.45, 7) is 7.09. The van der Waals surface area contributed by atoms with Crippen LogP contribution in [0.4, 0.5) is 5.82 Å². The smallest absolute Gasteiger partial charge is 0.335 e. The first-order chi connectivity index (χ1) is 12.1. The molecule has 3 rings (SSSR count). The largest absolute Gasteiger partial charge is 0.478 e. The van der Waals surface area contributed by atoms with Gasteiger partial charge in [-0.2, -0.15) is 0 Å². The van der Waals surface area contributed by atoms with E-state index in [1.54, 1.807) is 38.3 Å². The van der Waals surface area contributed by atoms with Crippen LogP contribution >= 0.6 is 0 Å². The molecule has 0 bridgehead atoms. The zero-order valence-corrected chi connectivity index (χ0v) is 15.0. The van der Waals surface area contributed by atoms with E-state index in [1.807, 2.05) is 0 Å². The van der Waals surface area contributed by atoms with Gasteiger partial charge in [0.05, 0.1) is 16.5 Å². The number of benzene rings is 1. The van der Waals surface area contributed by atoms with Gasteiger partial charge in [-0.05, 0) is 45.4 Å². The quantitative estimate of drug-likeness (QED) is 0.692. The van der Waals surface area contributed by atoms with Crippen LogP contribution < -0.4 is 5.73 Å². The summed E-state index contributed by atoms with van der Waals surface area (Å²) in [7, 11) is 0. The average Bonchev–Trinajstić information content (AvgIpc) is 2.81. The van der Waals surface area contributed by atoms with Gasteiger partial charge < -0.3 is 20.1 Å². The lowest BCUT2D eigenvalue weighted by molar-refractivity contribution is -0.155. The van der Waals surface area contributed by atoms with E-state index in [4.69, 9.17) is 10.5 Å². The number of carboxylic acids is 1. The Balaban J connectivity index is 2.29. The SMILES string of the molecule is Cc1cc(C(=O)O)cc2c3c(N)ncnc3n(CC(=O)OC(C)(C)C)c12. The summed E-state index contributed by atoms with van der Waals surface area (Å²) in [6, 6.07) is 3.08. The minimum atomic E-state index is -1.04. The Morgan fingerprint density at radius 3 is 2.58 bits per heavy atom. The second-order valence-electron chi connectivity index (χ2n) is 7.12. The highest BCUT2D eigenvalue weighted by Gasteiger charge is 2.22. The molecule has 0 aliphatic heterocycles. The van der Waals surface area contributed by atoms with E-state index in [9.17, 15) is 14.7 Å². The Kier molecular flexibility index (Phi) is 4.06. The Labute approximate surface area is 149 Å². The molecule has 2 heterocycles. The number of aromatic carboxylic acids is 1. The van der Waals surface area contributed by atoms with Crippen LogP contribution in [0.5, 0.6) is 0 Å². The zero-order chi connectivity index (χ0) is 19.2. The number of nitrogen functional groups attached to an aromatic ring is 1. The molecular weight excluding hydrogens is 336 g/mol. The van der Waals surface area contributed by atoms with Gasteiger partial charge in [0.1, 0.15) is 29.9 Å². The number of nitrogens with two attached hydrogens (primary N) is 1. The molecule has 3 N–H and O–H groups in total. The van der Waals surface area contributed by atoms with Crippen LogP contribution in [0.1, 0.15) is 36.7 Å². The van der Waals surface area contributed by atoms with E-state index in [1.165, 1.54) is 12.4 Å². The Bertz CT molecular complexity index is 1050. The first kappa shape index (κ1) is 17.7. The van der Waals surface area contributed by atoms with Crippen molar-refractivity contribution in [2.24, 2.45) is 0 Å². The van der Waals surface area contributed by atoms with E-state index >= 15 is 0 Å². The minimum absolute atomic E-state index is 0.0685. The van der Waals surface area contributed by atoms with E-state index < -0.39 is 17.5 Å². The van der Waals surface area contributed by atoms with E-state index in [0.29, 0.717) is 27.5 Å². The molecule has 136 valence electrons. The van der Waals surface area contributed by atoms with Crippen LogP contribution in [-0.2, 0) is 16.1 Å². The van der Waals surface area contributed by atoms with Crippen molar-refractivity contribution < 1.29 is 19.4 Å². The number of fused-ring (bicyclic) bond motifs is 3. The summed E-state index contributed by atoms with van der Waals surface area (Å²) in [5.41, 5.74) is 7.38. The fourth-order valence-electron chi connectivity index (χ4n) is 3.07. The van der Waals surface area contributed by atoms with Crippen molar-refractivity contribution in [3.05, 3.63) is 29.6 Å². The third-order valence-corrected chi connectivity index (χ3v) is 3.91. The van der Waals surface area contributed by atoms with Crippen molar-refractivity contribution >= 4 is 39.7 Å². The van der Waals surface area contributed by atoms with Crippen molar-refractivity contribution in [1.82, 2.24) is 14.5 Å². The molecule has 0 atom stereocenters. The van der Waals surface area contributed by atoms with Gasteiger partial charge in [-0.3, -0.25) is 4.79 Å². The summed E-state index contributed by atoms with van der Waals surface area (Å²) >= 11 is 0. The molecule has 0 saturated heterocycles. The fourth-order valence-corrected chi connectivity index (χ4v) is 3.07. The van der Waals surface area contributed by atoms with Gasteiger partial charge in [-0.25, -0.2) is 14.8 Å². The molecule has 8 heteroatoms. The average molecular weight is 356 g/mol. The fraction of sp³-hybridized carbons (Fsp3) is 0.333. The summed E-state index contributed by atoms with van der Waals surface area (Å²) in [6.07, 6.45) is 1.32. The van der Waals surface area contributed by atoms with E-state index in [2.05, 4.69) is 9.97 Å². The molecule has 2 aromatic heterocycles. The van der Waals surface area contributed by atoms with Crippen molar-refractivity contribution in [2.75, 3.05) is 5.73 Å². The number of anilines is 1. The van der Waals surface area contributed by atoms with E-state index in [-0.39, 0.29) is 17.9 Å². The maximum atomic E-state index is 12.4. The number of hydrogen-bond donors (Lipinski definition) is 2. The number of ether oxygens (including phenoxy) is 1. The standard InChI is InChI=1S/C18H20N4O4/c1-9-5-10(17(24)25)6-11-13-15(19)20-8-21-16(13)22(14(9)11)7-12(23)26-18(2,3)4/h5-6,8H,7H2,1-4H3,(H,24,25)(H2,19,20,21). The molecule has 0 saturated carbocycles. The first-order valence-corrected chi connectivity index (χ1v) is 8.06. The number of aromatic nitrogens is 3. The van der Waals surface area contributed by atoms with Crippen molar-refractivity contribution in [3.63, 3.8) is 0 Å². The molecule has 0 spiro atoms. The lowest BCUT2D eigenvalue weighted by Gasteiger charge is -2.20. The van der Waals surface area contributed by atoms with Crippen molar-refractivity contribution in [1.29, 1.82) is 0 Å². The zero-order valence-electron chi connectivity index (χ0n) is 15.0. The third-order valence-electron chi connectivity index (χ3n) is 3.91. The molecule has 0 fully saturated rings. The number of hydrogen-bond acceptors (Lipinski definition) is 6. The molecule has 0 radical (unpaired) electrons. The van der Waals surface area contributed by atoms with Crippen LogP contribution in [0.25, 0.3) is 21.9 Å². The summed E-state index contributed by atoms with van der Waals surface area (Å²) in [4.78, 5) is 32.1. The molecule has 0 amide bonds. The van der Waals surface area contributed by atoms with Crippen LogP contribution in [0.2, 0.25) is 0 Å². The number of rotatable bonds is 3. The van der Waals surface area contributed by atoms with Gasteiger partial charge in [0.25, 0.3) is 0 Å². The van der Waals surface area contributed by atoms with Gasteiger partial charge in [0, 0.05) is 5.39 Å². The lowest BCUT2D eigenvalue weighted by atomic mass is 10.1. The number of carbonyl (C=O) groups excluding carboxylic acids is 1. The summed E-state index contributed by atoms with van der Waals surface area (Å²) < 4.78 is 7.10. The van der Waals surface area contributed by atoms with Crippen LogP contribution in [0.15, 0.2) is 18.5 Å². The first-order valence-electron chi connectivity index (χ1n) is 8.06. The second-order valence-corrected chi connectivity index (χ2v) is 7.12. The van der Waals surface area contributed by atoms with Gasteiger partial charge in [0.15, 0.2) is 0 Å². The highest BCUT2D eigenvalue weighted by molar-refractivity contribution is 6.14. The number of esters is 1.